The summed E-state index contributed by atoms with van der Waals surface area (Å²) in [6.07, 6.45) is 0. The first-order valence-electron chi connectivity index (χ1n) is 11.1. The Morgan fingerprint density at radius 3 is 2.11 bits per heavy atom. The van der Waals surface area contributed by atoms with Gasteiger partial charge in [0.05, 0.1) is 0 Å². The van der Waals surface area contributed by atoms with Crippen LogP contribution in [0, 0.1) is 0 Å². The number of carbonyl (C=O) groups is 2. The number of nitrogens with one attached hydrogen (secondary N) is 2. The normalized spacial score (nSPS) is 10.6. The third-order valence-electron chi connectivity index (χ3n) is 5.39. The summed E-state index contributed by atoms with van der Waals surface area (Å²) in [6.45, 7) is 0.424. The molecule has 4 aromatic carbocycles. The Balaban J connectivity index is 1.19. The Labute approximate surface area is 202 Å². The van der Waals surface area contributed by atoms with Crippen LogP contribution in [0.3, 0.4) is 0 Å². The number of hydrogen-bond donors (Lipinski definition) is 2. The van der Waals surface area contributed by atoms with E-state index in [1.165, 1.54) is 0 Å². The van der Waals surface area contributed by atoms with Crippen LogP contribution in [0.1, 0.15) is 26.5 Å². The summed E-state index contributed by atoms with van der Waals surface area (Å²) in [6, 6.07) is 32.9. The van der Waals surface area contributed by atoms with Crippen LogP contribution in [0.25, 0.3) is 11.0 Å². The van der Waals surface area contributed by atoms with Gasteiger partial charge in [0.25, 0.3) is 11.8 Å². The molecule has 6 nitrogen and oxygen atoms in total. The number of amides is 2. The molecule has 2 amide bonds. The van der Waals surface area contributed by atoms with E-state index < -0.39 is 0 Å². The Kier molecular flexibility index (Phi) is 6.26. The molecule has 5 aromatic rings. The third-order valence-corrected chi connectivity index (χ3v) is 5.39. The van der Waals surface area contributed by atoms with E-state index in [0.717, 1.165) is 10.9 Å². The molecule has 0 fully saturated rings. The number of ether oxygens (including phenoxy) is 1. The molecule has 1 aromatic heterocycles. The molecule has 35 heavy (non-hydrogen) atoms. The third kappa shape index (κ3) is 5.39. The van der Waals surface area contributed by atoms with Gasteiger partial charge in [0.2, 0.25) is 0 Å². The van der Waals surface area contributed by atoms with E-state index in [0.29, 0.717) is 34.9 Å². The second kappa shape index (κ2) is 9.97. The van der Waals surface area contributed by atoms with Crippen molar-refractivity contribution in [2.45, 2.75) is 6.61 Å². The van der Waals surface area contributed by atoms with Crippen molar-refractivity contribution in [3.05, 3.63) is 126 Å². The number of fused-ring (bicyclic) bond motifs is 1. The molecular formula is C29H22N2O4. The predicted octanol–water partition coefficient (Wildman–Crippen LogP) is 6.52. The summed E-state index contributed by atoms with van der Waals surface area (Å²) in [5, 5.41) is 6.53. The largest absolute Gasteiger partial charge is 0.489 e. The average molecular weight is 463 g/mol. The first kappa shape index (κ1) is 22.0. The van der Waals surface area contributed by atoms with Crippen molar-refractivity contribution < 1.29 is 18.7 Å². The van der Waals surface area contributed by atoms with Gasteiger partial charge in [-0.3, -0.25) is 9.59 Å². The van der Waals surface area contributed by atoms with Gasteiger partial charge in [-0.1, -0.05) is 54.6 Å². The molecule has 2 N–H and O–H groups in total. The SMILES string of the molecule is O=C(Nc1ccc(NC(=O)c2cc3ccccc3o2)cc1)c1cccc(OCc2ccccc2)c1. The summed E-state index contributed by atoms with van der Waals surface area (Å²) >= 11 is 0. The quantitative estimate of drug-likeness (QED) is 0.289. The molecule has 0 bridgehead atoms. The van der Waals surface area contributed by atoms with Gasteiger partial charge >= 0.3 is 0 Å². The second-order valence-corrected chi connectivity index (χ2v) is 7.94. The van der Waals surface area contributed by atoms with Crippen molar-refractivity contribution in [1.29, 1.82) is 0 Å². The molecule has 0 radical (unpaired) electrons. The molecule has 1 heterocycles. The smallest absolute Gasteiger partial charge is 0.291 e. The van der Waals surface area contributed by atoms with E-state index in [4.69, 9.17) is 9.15 Å². The maximum atomic E-state index is 12.7. The van der Waals surface area contributed by atoms with Gasteiger partial charge < -0.3 is 19.8 Å². The number of hydrogen-bond acceptors (Lipinski definition) is 4. The predicted molar refractivity (Wildman–Crippen MR) is 136 cm³/mol. The van der Waals surface area contributed by atoms with Crippen LogP contribution < -0.4 is 15.4 Å². The average Bonchev–Trinajstić information content (AvgIpc) is 3.34. The molecule has 0 saturated heterocycles. The topological polar surface area (TPSA) is 80.6 Å². The fraction of sp³-hybridized carbons (Fsp3) is 0.0345. The molecule has 0 atom stereocenters. The van der Waals surface area contributed by atoms with Gasteiger partial charge in [0.15, 0.2) is 5.76 Å². The highest BCUT2D eigenvalue weighted by molar-refractivity contribution is 6.06. The molecule has 172 valence electrons. The summed E-state index contributed by atoms with van der Waals surface area (Å²) in [7, 11) is 0. The molecule has 5 rings (SSSR count). The molecule has 0 spiro atoms. The van der Waals surface area contributed by atoms with E-state index >= 15 is 0 Å². The lowest BCUT2D eigenvalue weighted by atomic mass is 10.2. The van der Waals surface area contributed by atoms with Crippen molar-refractivity contribution in [3.63, 3.8) is 0 Å². The standard InChI is InChI=1S/C29H22N2O4/c32-28(22-10-6-11-25(17-22)34-19-20-7-2-1-3-8-20)30-23-13-15-24(16-14-23)31-29(33)27-18-21-9-4-5-12-26(21)35-27/h1-18H,19H2,(H,30,32)(H,31,33). The summed E-state index contributed by atoms with van der Waals surface area (Å²) in [4.78, 5) is 25.2. The molecular weight excluding hydrogens is 440 g/mol. The van der Waals surface area contributed by atoms with E-state index in [1.807, 2.05) is 60.7 Å². The van der Waals surface area contributed by atoms with Crippen LogP contribution in [0.4, 0.5) is 11.4 Å². The minimum absolute atomic E-state index is 0.234. The fourth-order valence-corrected chi connectivity index (χ4v) is 3.59. The van der Waals surface area contributed by atoms with Crippen molar-refractivity contribution in [2.24, 2.45) is 0 Å². The van der Waals surface area contributed by atoms with Gasteiger partial charge in [-0.15, -0.1) is 0 Å². The van der Waals surface area contributed by atoms with Crippen LogP contribution in [0.15, 0.2) is 114 Å². The van der Waals surface area contributed by atoms with Crippen LogP contribution in [-0.4, -0.2) is 11.8 Å². The van der Waals surface area contributed by atoms with Gasteiger partial charge in [-0.2, -0.15) is 0 Å². The lowest BCUT2D eigenvalue weighted by Crippen LogP contribution is -2.13. The zero-order valence-corrected chi connectivity index (χ0v) is 18.7. The minimum atomic E-state index is -0.342. The van der Waals surface area contributed by atoms with E-state index in [9.17, 15) is 9.59 Å². The molecule has 0 aliphatic carbocycles. The summed E-state index contributed by atoms with van der Waals surface area (Å²) in [5.41, 5.74) is 3.38. The maximum absolute atomic E-state index is 12.7. The monoisotopic (exact) mass is 462 g/mol. The first-order valence-corrected chi connectivity index (χ1v) is 11.1. The van der Waals surface area contributed by atoms with Gasteiger partial charge in [-0.05, 0) is 60.2 Å². The van der Waals surface area contributed by atoms with Gasteiger partial charge in [0, 0.05) is 22.3 Å². The van der Waals surface area contributed by atoms with E-state index in [-0.39, 0.29) is 17.6 Å². The number of rotatable bonds is 7. The van der Waals surface area contributed by atoms with Gasteiger partial charge in [-0.25, -0.2) is 0 Å². The molecule has 0 aliphatic rings. The Hall–Kier alpha value is -4.84. The summed E-state index contributed by atoms with van der Waals surface area (Å²) < 4.78 is 11.4. The number of benzene rings is 4. The number of para-hydroxylation sites is 1. The molecule has 0 unspecified atom stereocenters. The highest BCUT2D eigenvalue weighted by atomic mass is 16.5. The van der Waals surface area contributed by atoms with Crippen LogP contribution >= 0.6 is 0 Å². The van der Waals surface area contributed by atoms with Crippen molar-refractivity contribution in [1.82, 2.24) is 0 Å². The zero-order valence-electron chi connectivity index (χ0n) is 18.7. The van der Waals surface area contributed by atoms with Gasteiger partial charge in [0.1, 0.15) is 17.9 Å². The van der Waals surface area contributed by atoms with Crippen molar-refractivity contribution in [2.75, 3.05) is 10.6 Å². The Morgan fingerprint density at radius 1 is 0.686 bits per heavy atom. The number of anilines is 2. The van der Waals surface area contributed by atoms with Crippen molar-refractivity contribution >= 4 is 34.2 Å². The lowest BCUT2D eigenvalue weighted by Gasteiger charge is -2.10. The fourth-order valence-electron chi connectivity index (χ4n) is 3.59. The van der Waals surface area contributed by atoms with E-state index in [2.05, 4.69) is 10.6 Å². The van der Waals surface area contributed by atoms with Crippen LogP contribution in [-0.2, 0) is 6.61 Å². The first-order chi connectivity index (χ1) is 17.1. The zero-order chi connectivity index (χ0) is 24.0. The van der Waals surface area contributed by atoms with Crippen LogP contribution in [0.2, 0.25) is 0 Å². The maximum Gasteiger partial charge on any atom is 0.291 e. The van der Waals surface area contributed by atoms with Crippen molar-refractivity contribution in [3.8, 4) is 5.75 Å². The Morgan fingerprint density at radius 2 is 1.37 bits per heavy atom. The number of carbonyl (C=O) groups excluding carboxylic acids is 2. The summed E-state index contributed by atoms with van der Waals surface area (Å²) in [5.74, 6) is 0.252. The Bertz CT molecular complexity index is 1440. The number of furan rings is 1. The van der Waals surface area contributed by atoms with Crippen LogP contribution in [0.5, 0.6) is 5.75 Å². The van der Waals surface area contributed by atoms with E-state index in [1.54, 1.807) is 48.5 Å². The molecule has 0 saturated carbocycles. The highest BCUT2D eigenvalue weighted by Gasteiger charge is 2.13. The molecule has 0 aliphatic heterocycles. The second-order valence-electron chi connectivity index (χ2n) is 7.94. The minimum Gasteiger partial charge on any atom is -0.489 e. The highest BCUT2D eigenvalue weighted by Crippen LogP contribution is 2.21. The molecule has 6 heteroatoms. The lowest BCUT2D eigenvalue weighted by molar-refractivity contribution is 0.0996.